The maximum Gasteiger partial charge on any atom is 0.0570 e. The van der Waals surface area contributed by atoms with E-state index in [0.717, 1.165) is 10.2 Å². The molecule has 90 valence electrons. The third-order valence-electron chi connectivity index (χ3n) is 2.65. The molecule has 2 nitrogen and oxygen atoms in total. The average Bonchev–Trinajstić information content (AvgIpc) is 2.77. The number of hydrogen-bond donors (Lipinski definition) is 1. The number of hydrogen-bond acceptors (Lipinski definition) is 3. The Morgan fingerprint density at radius 2 is 2.12 bits per heavy atom. The minimum atomic E-state index is 0.257. The second kappa shape index (κ2) is 5.76. The van der Waals surface area contributed by atoms with Gasteiger partial charge in [0.2, 0.25) is 0 Å². The predicted octanol–water partition coefficient (Wildman–Crippen LogP) is 4.32. The minimum absolute atomic E-state index is 0.257. The van der Waals surface area contributed by atoms with Crippen LogP contribution in [-0.2, 0) is 0 Å². The molecule has 0 fully saturated rings. The summed E-state index contributed by atoms with van der Waals surface area (Å²) in [6.45, 7) is 4.32. The maximum atomic E-state index is 4.36. The Kier molecular flexibility index (Phi) is 4.31. The van der Waals surface area contributed by atoms with Crippen molar-refractivity contribution in [1.29, 1.82) is 0 Å². The van der Waals surface area contributed by atoms with Gasteiger partial charge in [-0.15, -0.1) is 11.3 Å². The van der Waals surface area contributed by atoms with E-state index in [1.165, 1.54) is 4.88 Å². The molecule has 0 spiro atoms. The molecule has 2 rings (SSSR count). The fraction of sp³-hybridized carbons (Fsp3) is 0.308. The maximum absolute atomic E-state index is 4.36. The van der Waals surface area contributed by atoms with Crippen LogP contribution >= 0.6 is 27.3 Å². The van der Waals surface area contributed by atoms with E-state index in [2.05, 4.69) is 57.6 Å². The van der Waals surface area contributed by atoms with Crippen molar-refractivity contribution < 1.29 is 0 Å². The van der Waals surface area contributed by atoms with Gasteiger partial charge in [0.1, 0.15) is 0 Å². The number of pyridine rings is 1. The first-order valence-corrected chi connectivity index (χ1v) is 7.25. The predicted molar refractivity (Wildman–Crippen MR) is 76.2 cm³/mol. The number of rotatable bonds is 4. The highest BCUT2D eigenvalue weighted by molar-refractivity contribution is 9.10. The van der Waals surface area contributed by atoms with E-state index in [9.17, 15) is 0 Å². The Bertz CT molecular complexity index is 469. The van der Waals surface area contributed by atoms with E-state index in [1.807, 2.05) is 18.3 Å². The Morgan fingerprint density at radius 3 is 2.71 bits per heavy atom. The normalized spacial score (nSPS) is 14.5. The molecule has 2 aromatic rings. The van der Waals surface area contributed by atoms with Gasteiger partial charge in [-0.1, -0.05) is 6.07 Å². The first-order valence-electron chi connectivity index (χ1n) is 5.57. The molecule has 0 aliphatic rings. The number of halogens is 1. The summed E-state index contributed by atoms with van der Waals surface area (Å²) < 4.78 is 1.15. The summed E-state index contributed by atoms with van der Waals surface area (Å²) >= 11 is 5.25. The van der Waals surface area contributed by atoms with Gasteiger partial charge in [-0.05, 0) is 48.0 Å². The second-order valence-corrected chi connectivity index (χ2v) is 5.89. The zero-order valence-corrected chi connectivity index (χ0v) is 12.3. The molecule has 0 saturated carbocycles. The Balaban J connectivity index is 2.02. The minimum Gasteiger partial charge on any atom is -0.301 e. The van der Waals surface area contributed by atoms with Gasteiger partial charge in [0.25, 0.3) is 0 Å². The van der Waals surface area contributed by atoms with E-state index in [4.69, 9.17) is 0 Å². The van der Waals surface area contributed by atoms with Gasteiger partial charge in [0, 0.05) is 33.0 Å². The van der Waals surface area contributed by atoms with Gasteiger partial charge in [-0.2, -0.15) is 0 Å². The first kappa shape index (κ1) is 12.7. The summed E-state index contributed by atoms with van der Waals surface area (Å²) in [6, 6.07) is 8.76. The molecule has 0 radical (unpaired) electrons. The third-order valence-corrected chi connectivity index (χ3v) is 4.52. The largest absolute Gasteiger partial charge is 0.301 e. The molecule has 1 unspecified atom stereocenters. The lowest BCUT2D eigenvalue weighted by atomic mass is 10.1. The molecule has 0 bridgehead atoms. The lowest BCUT2D eigenvalue weighted by Crippen LogP contribution is -2.22. The number of aromatic nitrogens is 1. The van der Waals surface area contributed by atoms with Crippen LogP contribution in [-0.4, -0.2) is 4.98 Å². The monoisotopic (exact) mass is 310 g/mol. The first-order chi connectivity index (χ1) is 8.16. The van der Waals surface area contributed by atoms with Crippen LogP contribution in [0.5, 0.6) is 0 Å². The van der Waals surface area contributed by atoms with Crippen molar-refractivity contribution in [2.24, 2.45) is 0 Å². The second-order valence-electron chi connectivity index (χ2n) is 4.03. The summed E-state index contributed by atoms with van der Waals surface area (Å²) in [5.41, 5.74) is 1.08. The third kappa shape index (κ3) is 3.37. The van der Waals surface area contributed by atoms with Crippen molar-refractivity contribution in [2.45, 2.75) is 25.9 Å². The van der Waals surface area contributed by atoms with E-state index in [-0.39, 0.29) is 6.04 Å². The zero-order chi connectivity index (χ0) is 12.3. The quantitative estimate of drug-likeness (QED) is 0.909. The molecule has 0 aliphatic carbocycles. The van der Waals surface area contributed by atoms with Crippen molar-refractivity contribution in [1.82, 2.24) is 10.3 Å². The zero-order valence-electron chi connectivity index (χ0n) is 9.85. The van der Waals surface area contributed by atoms with Crippen molar-refractivity contribution in [2.75, 3.05) is 0 Å². The summed E-state index contributed by atoms with van der Waals surface area (Å²) in [5, 5.41) is 5.66. The average molecular weight is 311 g/mol. The molecule has 1 N–H and O–H groups in total. The smallest absolute Gasteiger partial charge is 0.0570 e. The van der Waals surface area contributed by atoms with Crippen molar-refractivity contribution in [3.8, 4) is 0 Å². The van der Waals surface area contributed by atoms with E-state index in [0.29, 0.717) is 6.04 Å². The van der Waals surface area contributed by atoms with E-state index >= 15 is 0 Å². The molecule has 0 aromatic carbocycles. The lowest BCUT2D eigenvalue weighted by Gasteiger charge is -2.18. The fourth-order valence-electron chi connectivity index (χ4n) is 1.73. The SMILES string of the molecule is CC(N[C@H](C)c1ccccn1)c1cc(Br)cs1. The molecular weight excluding hydrogens is 296 g/mol. The number of nitrogens with zero attached hydrogens (tertiary/aromatic N) is 1. The van der Waals surface area contributed by atoms with Gasteiger partial charge >= 0.3 is 0 Å². The number of thiophene rings is 1. The molecule has 2 aromatic heterocycles. The molecule has 2 heterocycles. The molecule has 0 saturated heterocycles. The molecule has 0 aliphatic heterocycles. The Labute approximate surface area is 114 Å². The van der Waals surface area contributed by atoms with Crippen LogP contribution < -0.4 is 5.32 Å². The van der Waals surface area contributed by atoms with Gasteiger partial charge < -0.3 is 5.32 Å². The Hall–Kier alpha value is -0.710. The molecule has 0 amide bonds. The van der Waals surface area contributed by atoms with Crippen LogP contribution in [0.15, 0.2) is 40.3 Å². The van der Waals surface area contributed by atoms with Crippen molar-refractivity contribution in [3.05, 3.63) is 50.9 Å². The van der Waals surface area contributed by atoms with Crippen molar-refractivity contribution >= 4 is 27.3 Å². The summed E-state index contributed by atoms with van der Waals surface area (Å²) in [7, 11) is 0. The van der Waals surface area contributed by atoms with E-state index < -0.39 is 0 Å². The molecule has 2 atom stereocenters. The highest BCUT2D eigenvalue weighted by atomic mass is 79.9. The van der Waals surface area contributed by atoms with Crippen LogP contribution in [0.2, 0.25) is 0 Å². The summed E-state index contributed by atoms with van der Waals surface area (Å²) in [4.78, 5) is 5.70. The Morgan fingerprint density at radius 1 is 1.29 bits per heavy atom. The lowest BCUT2D eigenvalue weighted by molar-refractivity contribution is 0.491. The van der Waals surface area contributed by atoms with Crippen LogP contribution in [0.25, 0.3) is 0 Å². The van der Waals surface area contributed by atoms with Crippen molar-refractivity contribution in [3.63, 3.8) is 0 Å². The van der Waals surface area contributed by atoms with Gasteiger partial charge in [-0.25, -0.2) is 0 Å². The fourth-order valence-corrected chi connectivity index (χ4v) is 3.19. The van der Waals surface area contributed by atoms with Crippen LogP contribution in [0, 0.1) is 0 Å². The highest BCUT2D eigenvalue weighted by Crippen LogP contribution is 2.26. The topological polar surface area (TPSA) is 24.9 Å². The molecule has 17 heavy (non-hydrogen) atoms. The van der Waals surface area contributed by atoms with Crippen LogP contribution in [0.4, 0.5) is 0 Å². The van der Waals surface area contributed by atoms with Gasteiger partial charge in [0.05, 0.1) is 5.69 Å². The van der Waals surface area contributed by atoms with Crippen LogP contribution in [0.3, 0.4) is 0 Å². The van der Waals surface area contributed by atoms with Gasteiger partial charge in [0.15, 0.2) is 0 Å². The highest BCUT2D eigenvalue weighted by Gasteiger charge is 2.13. The van der Waals surface area contributed by atoms with Gasteiger partial charge in [-0.3, -0.25) is 4.98 Å². The molecular formula is C13H15BrN2S. The van der Waals surface area contributed by atoms with E-state index in [1.54, 1.807) is 11.3 Å². The summed E-state index contributed by atoms with van der Waals surface area (Å²) in [5.74, 6) is 0. The molecule has 4 heteroatoms. The number of nitrogens with one attached hydrogen (secondary N) is 1. The standard InChI is InChI=1S/C13H15BrN2S/c1-9(12-5-3-4-6-15-12)16-10(2)13-7-11(14)8-17-13/h3-10,16H,1-2H3/t9-,10?/m1/s1. The van der Waals surface area contributed by atoms with Crippen LogP contribution in [0.1, 0.15) is 36.5 Å². The summed E-state index contributed by atoms with van der Waals surface area (Å²) in [6.07, 6.45) is 1.83.